The topological polar surface area (TPSA) is 79.4 Å². The van der Waals surface area contributed by atoms with Crippen molar-refractivity contribution in [2.24, 2.45) is 0 Å². The van der Waals surface area contributed by atoms with Crippen LogP contribution in [0.25, 0.3) is 11.0 Å². The number of hydrogen-bond donors (Lipinski definition) is 2. The fourth-order valence-electron chi connectivity index (χ4n) is 2.76. The van der Waals surface area contributed by atoms with Gasteiger partial charge in [-0.1, -0.05) is 0 Å². The SMILES string of the molecule is O=c1c2[nH]ccc2ncn1Cc1n[nH]c2c1CCC2. The van der Waals surface area contributed by atoms with Crippen LogP contribution in [0.4, 0.5) is 0 Å². The maximum atomic E-state index is 12.3. The van der Waals surface area contributed by atoms with Crippen LogP contribution in [0.3, 0.4) is 0 Å². The summed E-state index contributed by atoms with van der Waals surface area (Å²) in [6, 6.07) is 1.80. The monoisotopic (exact) mass is 255 g/mol. The summed E-state index contributed by atoms with van der Waals surface area (Å²) in [6.45, 7) is 0.479. The maximum absolute atomic E-state index is 12.3. The zero-order chi connectivity index (χ0) is 12.8. The van der Waals surface area contributed by atoms with Gasteiger partial charge in [0.15, 0.2) is 0 Å². The predicted molar refractivity (Wildman–Crippen MR) is 70.1 cm³/mol. The van der Waals surface area contributed by atoms with Crippen molar-refractivity contribution >= 4 is 11.0 Å². The minimum atomic E-state index is -0.0512. The molecule has 2 N–H and O–H groups in total. The standard InChI is InChI=1S/C13H13N5O/c19-13-12-10(4-5-14-12)15-7-18(13)6-11-8-2-1-3-9(8)16-17-11/h4-5,7,14H,1-3,6H2,(H,16,17). The van der Waals surface area contributed by atoms with Gasteiger partial charge < -0.3 is 4.98 Å². The quantitative estimate of drug-likeness (QED) is 0.716. The van der Waals surface area contributed by atoms with E-state index in [4.69, 9.17) is 0 Å². The first-order chi connectivity index (χ1) is 9.33. The Morgan fingerprint density at radius 2 is 2.32 bits per heavy atom. The van der Waals surface area contributed by atoms with Crippen LogP contribution in [0.1, 0.15) is 23.4 Å². The molecule has 1 aliphatic carbocycles. The van der Waals surface area contributed by atoms with E-state index >= 15 is 0 Å². The highest BCUT2D eigenvalue weighted by Crippen LogP contribution is 2.23. The number of H-pyrrole nitrogens is 2. The molecule has 6 heteroatoms. The van der Waals surface area contributed by atoms with E-state index in [2.05, 4.69) is 20.2 Å². The fraction of sp³-hybridized carbons (Fsp3) is 0.308. The molecule has 3 heterocycles. The van der Waals surface area contributed by atoms with Crippen molar-refractivity contribution in [2.75, 3.05) is 0 Å². The molecule has 1 aliphatic rings. The van der Waals surface area contributed by atoms with Gasteiger partial charge in [-0.15, -0.1) is 0 Å². The Morgan fingerprint density at radius 1 is 1.37 bits per heavy atom. The molecule has 96 valence electrons. The molecular weight excluding hydrogens is 242 g/mol. The summed E-state index contributed by atoms with van der Waals surface area (Å²) in [6.07, 6.45) is 6.60. The first-order valence-electron chi connectivity index (χ1n) is 6.40. The number of rotatable bonds is 2. The van der Waals surface area contributed by atoms with Gasteiger partial charge in [0.2, 0.25) is 0 Å². The molecule has 3 aromatic rings. The van der Waals surface area contributed by atoms with Crippen molar-refractivity contribution < 1.29 is 0 Å². The summed E-state index contributed by atoms with van der Waals surface area (Å²) in [7, 11) is 0. The van der Waals surface area contributed by atoms with Crippen molar-refractivity contribution in [3.8, 4) is 0 Å². The van der Waals surface area contributed by atoms with Gasteiger partial charge in [0, 0.05) is 11.9 Å². The first kappa shape index (κ1) is 10.5. The van der Waals surface area contributed by atoms with Gasteiger partial charge in [0.1, 0.15) is 5.52 Å². The molecule has 0 aromatic carbocycles. The van der Waals surface area contributed by atoms with Gasteiger partial charge in [-0.3, -0.25) is 14.5 Å². The summed E-state index contributed by atoms with van der Waals surface area (Å²) in [5.41, 5.74) is 4.66. The van der Waals surface area contributed by atoms with Crippen molar-refractivity contribution in [2.45, 2.75) is 25.8 Å². The van der Waals surface area contributed by atoms with Crippen LogP contribution in [-0.4, -0.2) is 24.7 Å². The molecule has 0 unspecified atom stereocenters. The molecule has 6 nitrogen and oxygen atoms in total. The highest BCUT2D eigenvalue weighted by Gasteiger charge is 2.19. The molecule has 0 amide bonds. The lowest BCUT2D eigenvalue weighted by molar-refractivity contribution is 0.712. The molecule has 19 heavy (non-hydrogen) atoms. The van der Waals surface area contributed by atoms with E-state index < -0.39 is 0 Å². The largest absolute Gasteiger partial charge is 0.355 e. The van der Waals surface area contributed by atoms with Crippen molar-refractivity contribution in [3.63, 3.8) is 0 Å². The second-order valence-electron chi connectivity index (χ2n) is 4.90. The molecular formula is C13H13N5O. The number of nitrogens with one attached hydrogen (secondary N) is 2. The Labute approximate surface area is 108 Å². The summed E-state index contributed by atoms with van der Waals surface area (Å²) in [5, 5.41) is 7.38. The Bertz CT molecular complexity index is 810. The Morgan fingerprint density at radius 3 is 3.26 bits per heavy atom. The minimum Gasteiger partial charge on any atom is -0.355 e. The van der Waals surface area contributed by atoms with Gasteiger partial charge in [-0.05, 0) is 30.9 Å². The van der Waals surface area contributed by atoms with Crippen LogP contribution < -0.4 is 5.56 Å². The van der Waals surface area contributed by atoms with Crippen molar-refractivity contribution in [1.29, 1.82) is 0 Å². The number of fused-ring (bicyclic) bond motifs is 2. The lowest BCUT2D eigenvalue weighted by Gasteiger charge is -2.04. The van der Waals surface area contributed by atoms with Crippen LogP contribution in [0.15, 0.2) is 23.4 Å². The summed E-state index contributed by atoms with van der Waals surface area (Å²) >= 11 is 0. The van der Waals surface area contributed by atoms with Crippen LogP contribution in [0.2, 0.25) is 0 Å². The van der Waals surface area contributed by atoms with E-state index in [0.717, 1.165) is 18.5 Å². The lowest BCUT2D eigenvalue weighted by atomic mass is 10.2. The molecule has 0 atom stereocenters. The third-order valence-corrected chi connectivity index (χ3v) is 3.75. The fourth-order valence-corrected chi connectivity index (χ4v) is 2.76. The molecule has 0 aliphatic heterocycles. The van der Waals surface area contributed by atoms with Gasteiger partial charge in [-0.25, -0.2) is 4.98 Å². The van der Waals surface area contributed by atoms with Gasteiger partial charge in [0.25, 0.3) is 5.56 Å². The number of nitrogens with zero attached hydrogens (tertiary/aromatic N) is 3. The average molecular weight is 255 g/mol. The smallest absolute Gasteiger partial charge is 0.278 e. The predicted octanol–water partition coefficient (Wildman–Crippen LogP) is 0.985. The lowest BCUT2D eigenvalue weighted by Crippen LogP contribution is -2.21. The zero-order valence-corrected chi connectivity index (χ0v) is 10.3. The van der Waals surface area contributed by atoms with Crippen molar-refractivity contribution in [3.05, 3.63) is 45.9 Å². The average Bonchev–Trinajstić information content (AvgIpc) is 3.10. The molecule has 0 fully saturated rings. The second-order valence-corrected chi connectivity index (χ2v) is 4.90. The molecule has 3 aromatic heterocycles. The number of aryl methyl sites for hydroxylation is 1. The third kappa shape index (κ3) is 1.53. The molecule has 0 saturated heterocycles. The van der Waals surface area contributed by atoms with Gasteiger partial charge >= 0.3 is 0 Å². The summed E-state index contributed by atoms with van der Waals surface area (Å²) in [5.74, 6) is 0. The third-order valence-electron chi connectivity index (χ3n) is 3.75. The Kier molecular flexibility index (Phi) is 2.11. The van der Waals surface area contributed by atoms with Crippen LogP contribution in [-0.2, 0) is 19.4 Å². The summed E-state index contributed by atoms with van der Waals surface area (Å²) < 4.78 is 1.60. The molecule has 0 bridgehead atoms. The van der Waals surface area contributed by atoms with Crippen LogP contribution >= 0.6 is 0 Å². The number of aromatic nitrogens is 5. The second kappa shape index (κ2) is 3.81. The van der Waals surface area contributed by atoms with E-state index in [1.807, 2.05) is 0 Å². The molecule has 0 radical (unpaired) electrons. The highest BCUT2D eigenvalue weighted by atomic mass is 16.1. The summed E-state index contributed by atoms with van der Waals surface area (Å²) in [4.78, 5) is 19.5. The Balaban J connectivity index is 1.78. The minimum absolute atomic E-state index is 0.0512. The van der Waals surface area contributed by atoms with Gasteiger partial charge in [-0.2, -0.15) is 5.10 Å². The van der Waals surface area contributed by atoms with Crippen LogP contribution in [0.5, 0.6) is 0 Å². The molecule has 0 spiro atoms. The molecule has 4 rings (SSSR count). The number of aromatic amines is 2. The normalized spacial score (nSPS) is 14.1. The first-order valence-corrected chi connectivity index (χ1v) is 6.40. The van der Waals surface area contributed by atoms with E-state index in [0.29, 0.717) is 17.6 Å². The van der Waals surface area contributed by atoms with Crippen molar-refractivity contribution in [1.82, 2.24) is 24.7 Å². The Hall–Kier alpha value is -2.37. The van der Waals surface area contributed by atoms with E-state index in [1.165, 1.54) is 17.7 Å². The van der Waals surface area contributed by atoms with Gasteiger partial charge in [0.05, 0.1) is 24.1 Å². The maximum Gasteiger partial charge on any atom is 0.278 e. The molecule has 0 saturated carbocycles. The van der Waals surface area contributed by atoms with E-state index in [1.54, 1.807) is 23.2 Å². The van der Waals surface area contributed by atoms with E-state index in [-0.39, 0.29) is 5.56 Å². The van der Waals surface area contributed by atoms with Crippen LogP contribution in [0, 0.1) is 0 Å². The zero-order valence-electron chi connectivity index (χ0n) is 10.3. The highest BCUT2D eigenvalue weighted by molar-refractivity contribution is 5.73. The van der Waals surface area contributed by atoms with E-state index in [9.17, 15) is 4.79 Å². The number of hydrogen-bond acceptors (Lipinski definition) is 3.